The standard InChI is InChI=1S/C11H10BrNOS/c12-10-5-9(13)1-2-11(10)15-7-8-3-4-14-6-8/h1-6H,7,13H2. The molecule has 2 nitrogen and oxygen atoms in total. The number of nitrogens with two attached hydrogens (primary N) is 1. The molecule has 0 fully saturated rings. The Bertz CT molecular complexity index is 442. The second-order valence-corrected chi connectivity index (χ2v) is 4.98. The minimum Gasteiger partial charge on any atom is -0.472 e. The van der Waals surface area contributed by atoms with E-state index in [1.807, 2.05) is 24.3 Å². The molecular weight excluding hydrogens is 274 g/mol. The van der Waals surface area contributed by atoms with Crippen LogP contribution in [0.3, 0.4) is 0 Å². The number of rotatable bonds is 3. The molecule has 0 atom stereocenters. The van der Waals surface area contributed by atoms with Gasteiger partial charge in [0, 0.05) is 26.4 Å². The van der Waals surface area contributed by atoms with Gasteiger partial charge in [-0.15, -0.1) is 11.8 Å². The first-order valence-corrected chi connectivity index (χ1v) is 6.22. The third kappa shape index (κ3) is 2.79. The van der Waals surface area contributed by atoms with Gasteiger partial charge >= 0.3 is 0 Å². The molecule has 4 heteroatoms. The van der Waals surface area contributed by atoms with Crippen molar-refractivity contribution in [1.29, 1.82) is 0 Å². The Morgan fingerprint density at radius 2 is 2.20 bits per heavy atom. The first-order chi connectivity index (χ1) is 7.25. The van der Waals surface area contributed by atoms with E-state index in [2.05, 4.69) is 15.9 Å². The molecule has 1 aromatic heterocycles. The molecule has 2 rings (SSSR count). The Balaban J connectivity index is 2.05. The highest BCUT2D eigenvalue weighted by molar-refractivity contribution is 9.10. The largest absolute Gasteiger partial charge is 0.472 e. The van der Waals surface area contributed by atoms with Gasteiger partial charge in [0.15, 0.2) is 0 Å². The van der Waals surface area contributed by atoms with Gasteiger partial charge in [0.1, 0.15) is 0 Å². The number of benzene rings is 1. The monoisotopic (exact) mass is 283 g/mol. The summed E-state index contributed by atoms with van der Waals surface area (Å²) in [5.74, 6) is 0.902. The molecular formula is C11H10BrNOS. The number of halogens is 1. The average Bonchev–Trinajstić information content (AvgIpc) is 2.69. The van der Waals surface area contributed by atoms with Crippen LogP contribution in [0.2, 0.25) is 0 Å². The Kier molecular flexibility index (Phi) is 3.38. The third-order valence-corrected chi connectivity index (χ3v) is 3.99. The summed E-state index contributed by atoms with van der Waals surface area (Å²) in [5, 5.41) is 0. The Hall–Kier alpha value is -0.870. The summed E-state index contributed by atoms with van der Waals surface area (Å²) in [6.45, 7) is 0. The van der Waals surface area contributed by atoms with Crippen molar-refractivity contribution < 1.29 is 4.42 Å². The summed E-state index contributed by atoms with van der Waals surface area (Å²) in [6.07, 6.45) is 3.45. The Morgan fingerprint density at radius 1 is 1.33 bits per heavy atom. The fourth-order valence-corrected chi connectivity index (χ4v) is 2.76. The molecule has 0 saturated heterocycles. The molecule has 0 saturated carbocycles. The van der Waals surface area contributed by atoms with Crippen LogP contribution in [0.5, 0.6) is 0 Å². The topological polar surface area (TPSA) is 39.2 Å². The van der Waals surface area contributed by atoms with Crippen LogP contribution in [-0.2, 0) is 5.75 Å². The van der Waals surface area contributed by atoms with Gasteiger partial charge in [-0.1, -0.05) is 0 Å². The number of anilines is 1. The summed E-state index contributed by atoms with van der Waals surface area (Å²) in [7, 11) is 0. The van der Waals surface area contributed by atoms with Gasteiger partial charge in [0.25, 0.3) is 0 Å². The van der Waals surface area contributed by atoms with Gasteiger partial charge in [0.2, 0.25) is 0 Å². The van der Waals surface area contributed by atoms with Crippen LogP contribution in [-0.4, -0.2) is 0 Å². The highest BCUT2D eigenvalue weighted by Gasteiger charge is 2.02. The van der Waals surface area contributed by atoms with Crippen LogP contribution in [0.15, 0.2) is 50.6 Å². The Labute approximate surface area is 101 Å². The van der Waals surface area contributed by atoms with Crippen LogP contribution in [0, 0.1) is 0 Å². The maximum Gasteiger partial charge on any atom is 0.0943 e. The molecule has 0 aliphatic heterocycles. The second kappa shape index (κ2) is 4.77. The number of hydrogen-bond acceptors (Lipinski definition) is 3. The molecule has 0 unspecified atom stereocenters. The summed E-state index contributed by atoms with van der Waals surface area (Å²) in [5.41, 5.74) is 7.62. The van der Waals surface area contributed by atoms with E-state index in [9.17, 15) is 0 Å². The smallest absolute Gasteiger partial charge is 0.0943 e. The van der Waals surface area contributed by atoms with Crippen LogP contribution in [0.25, 0.3) is 0 Å². The molecule has 0 spiro atoms. The van der Waals surface area contributed by atoms with Crippen molar-refractivity contribution in [3.8, 4) is 0 Å². The van der Waals surface area contributed by atoms with Gasteiger partial charge in [-0.05, 0) is 40.2 Å². The molecule has 0 bridgehead atoms. The van der Waals surface area contributed by atoms with Crippen LogP contribution < -0.4 is 5.73 Å². The lowest BCUT2D eigenvalue weighted by Gasteiger charge is -2.03. The van der Waals surface area contributed by atoms with Crippen molar-refractivity contribution >= 4 is 33.4 Å². The number of thioether (sulfide) groups is 1. The first kappa shape index (κ1) is 10.6. The zero-order chi connectivity index (χ0) is 10.7. The number of hydrogen-bond donors (Lipinski definition) is 1. The maximum atomic E-state index is 5.66. The molecule has 15 heavy (non-hydrogen) atoms. The predicted octanol–water partition coefficient (Wildman–Crippen LogP) is 3.92. The second-order valence-electron chi connectivity index (χ2n) is 3.11. The van der Waals surface area contributed by atoms with Gasteiger partial charge in [0.05, 0.1) is 12.5 Å². The zero-order valence-corrected chi connectivity index (χ0v) is 10.3. The van der Waals surface area contributed by atoms with Crippen LogP contribution in [0.4, 0.5) is 5.69 Å². The molecule has 1 heterocycles. The van der Waals surface area contributed by atoms with E-state index in [-0.39, 0.29) is 0 Å². The van der Waals surface area contributed by atoms with E-state index in [1.54, 1.807) is 24.3 Å². The fourth-order valence-electron chi connectivity index (χ4n) is 1.17. The third-order valence-electron chi connectivity index (χ3n) is 1.93. The van der Waals surface area contributed by atoms with Crippen molar-refractivity contribution in [2.45, 2.75) is 10.6 Å². The minimum atomic E-state index is 0.773. The highest BCUT2D eigenvalue weighted by Crippen LogP contribution is 2.31. The molecule has 0 amide bonds. The van der Waals surface area contributed by atoms with E-state index in [4.69, 9.17) is 10.2 Å². The zero-order valence-electron chi connectivity index (χ0n) is 7.94. The molecule has 0 radical (unpaired) electrons. The molecule has 2 aromatic rings. The first-order valence-electron chi connectivity index (χ1n) is 4.44. The van der Waals surface area contributed by atoms with E-state index in [0.29, 0.717) is 0 Å². The lowest BCUT2D eigenvalue weighted by Crippen LogP contribution is -1.85. The number of nitrogen functional groups attached to an aromatic ring is 1. The van der Waals surface area contributed by atoms with Crippen LogP contribution >= 0.6 is 27.7 Å². The highest BCUT2D eigenvalue weighted by atomic mass is 79.9. The molecule has 78 valence electrons. The van der Waals surface area contributed by atoms with Crippen LogP contribution in [0.1, 0.15) is 5.56 Å². The van der Waals surface area contributed by atoms with Gasteiger partial charge < -0.3 is 10.2 Å². The van der Waals surface area contributed by atoms with Gasteiger partial charge in [-0.2, -0.15) is 0 Å². The lowest BCUT2D eigenvalue weighted by atomic mass is 10.3. The normalized spacial score (nSPS) is 10.5. The number of furan rings is 1. The predicted molar refractivity (Wildman–Crippen MR) is 66.8 cm³/mol. The summed E-state index contributed by atoms with van der Waals surface area (Å²) in [4.78, 5) is 1.19. The average molecular weight is 284 g/mol. The lowest BCUT2D eigenvalue weighted by molar-refractivity contribution is 0.565. The van der Waals surface area contributed by atoms with Crippen molar-refractivity contribution in [1.82, 2.24) is 0 Å². The summed E-state index contributed by atoms with van der Waals surface area (Å²) in [6, 6.07) is 7.81. The van der Waals surface area contributed by atoms with E-state index < -0.39 is 0 Å². The van der Waals surface area contributed by atoms with Crippen molar-refractivity contribution in [2.75, 3.05) is 5.73 Å². The van der Waals surface area contributed by atoms with E-state index in [0.717, 1.165) is 15.9 Å². The maximum absolute atomic E-state index is 5.66. The molecule has 2 N–H and O–H groups in total. The van der Waals surface area contributed by atoms with Crippen molar-refractivity contribution in [3.05, 3.63) is 46.8 Å². The fraction of sp³-hybridized carbons (Fsp3) is 0.0909. The quantitative estimate of drug-likeness (QED) is 0.686. The molecule has 0 aliphatic carbocycles. The summed E-state index contributed by atoms with van der Waals surface area (Å²) >= 11 is 5.24. The molecule has 0 aliphatic rings. The van der Waals surface area contributed by atoms with Gasteiger partial charge in [-0.25, -0.2) is 0 Å². The van der Waals surface area contributed by atoms with Crippen molar-refractivity contribution in [2.24, 2.45) is 0 Å². The SMILES string of the molecule is Nc1ccc(SCc2ccoc2)c(Br)c1. The summed E-state index contributed by atoms with van der Waals surface area (Å²) < 4.78 is 6.05. The van der Waals surface area contributed by atoms with Crippen molar-refractivity contribution in [3.63, 3.8) is 0 Å². The Morgan fingerprint density at radius 3 is 2.87 bits per heavy atom. The molecule has 1 aromatic carbocycles. The van der Waals surface area contributed by atoms with E-state index >= 15 is 0 Å². The van der Waals surface area contributed by atoms with E-state index in [1.165, 1.54) is 10.5 Å². The minimum absolute atomic E-state index is 0.773. The van der Waals surface area contributed by atoms with Gasteiger partial charge in [-0.3, -0.25) is 0 Å².